The molecule has 0 N–H and O–H groups in total. The Morgan fingerprint density at radius 1 is 1.20 bits per heavy atom. The van der Waals surface area contributed by atoms with E-state index >= 15 is 0 Å². The molecule has 0 spiro atoms. The summed E-state index contributed by atoms with van der Waals surface area (Å²) in [7, 11) is 1.35. The van der Waals surface area contributed by atoms with Crippen molar-refractivity contribution in [3.63, 3.8) is 0 Å². The Bertz CT molecular complexity index is 1530. The average molecular weight is 468 g/mol. The largest absolute Gasteiger partial charge is 0.494 e. The number of imidazole rings is 1. The number of methoxy groups -OCH3 is 1. The van der Waals surface area contributed by atoms with Crippen LogP contribution in [0.1, 0.15) is 63.5 Å². The maximum Gasteiger partial charge on any atom is 0.169 e. The van der Waals surface area contributed by atoms with Crippen LogP contribution in [0.15, 0.2) is 43.0 Å². The SMILES string of the molecule is COc1ccc(C#N)c(CCC(=O)c2cnn(Cc3cn4cc(C5CC5)cc(C#N)c4n3)c2)c1F. The van der Waals surface area contributed by atoms with Crippen LogP contribution >= 0.6 is 0 Å². The first-order valence-electron chi connectivity index (χ1n) is 11.2. The van der Waals surface area contributed by atoms with Crippen LogP contribution in [-0.2, 0) is 13.0 Å². The number of hydrogen-bond donors (Lipinski definition) is 0. The van der Waals surface area contributed by atoms with Crippen LogP contribution in [0.5, 0.6) is 5.75 Å². The number of halogens is 1. The summed E-state index contributed by atoms with van der Waals surface area (Å²) in [5, 5.41) is 23.1. The number of ketones is 1. The molecule has 4 aromatic rings. The fourth-order valence-electron chi connectivity index (χ4n) is 4.22. The van der Waals surface area contributed by atoms with Crippen LogP contribution in [0.4, 0.5) is 4.39 Å². The summed E-state index contributed by atoms with van der Waals surface area (Å²) in [4.78, 5) is 17.3. The van der Waals surface area contributed by atoms with E-state index in [9.17, 15) is 19.7 Å². The molecule has 1 aromatic carbocycles. The van der Waals surface area contributed by atoms with Gasteiger partial charge >= 0.3 is 0 Å². The minimum absolute atomic E-state index is 0.0221. The third kappa shape index (κ3) is 4.36. The van der Waals surface area contributed by atoms with Gasteiger partial charge in [-0.25, -0.2) is 9.37 Å². The molecule has 0 aliphatic heterocycles. The quantitative estimate of drug-likeness (QED) is 0.359. The Labute approximate surface area is 200 Å². The van der Waals surface area contributed by atoms with Gasteiger partial charge in [-0.3, -0.25) is 9.48 Å². The van der Waals surface area contributed by atoms with Gasteiger partial charge in [-0.15, -0.1) is 0 Å². The monoisotopic (exact) mass is 468 g/mol. The first-order chi connectivity index (χ1) is 17.0. The van der Waals surface area contributed by atoms with Crippen molar-refractivity contribution in [3.05, 3.63) is 82.3 Å². The number of benzene rings is 1. The van der Waals surface area contributed by atoms with Crippen molar-refractivity contribution in [1.29, 1.82) is 10.5 Å². The standard InChI is InChI=1S/C26H21FN6O2/c1-35-24-7-4-17(9-28)22(25(24)27)5-6-23(34)20-11-30-33(13-20)15-21-14-32-12-19(16-2-3-16)8-18(10-29)26(32)31-21/h4,7-8,11-14,16H,2-3,5-6,15H2,1H3. The second-order valence-corrected chi connectivity index (χ2v) is 8.61. The van der Waals surface area contributed by atoms with Gasteiger partial charge < -0.3 is 9.14 Å². The second kappa shape index (κ2) is 9.03. The van der Waals surface area contributed by atoms with Crippen molar-refractivity contribution >= 4 is 11.4 Å². The Kier molecular flexibility index (Phi) is 5.76. The third-order valence-electron chi connectivity index (χ3n) is 6.22. The van der Waals surface area contributed by atoms with Crippen molar-refractivity contribution in [3.8, 4) is 17.9 Å². The predicted octanol–water partition coefficient (Wildman–Crippen LogP) is 4.16. The molecule has 0 bridgehead atoms. The van der Waals surface area contributed by atoms with E-state index in [0.717, 1.165) is 18.4 Å². The minimum atomic E-state index is -0.622. The molecule has 3 aromatic heterocycles. The number of Topliss-reactive ketones (excluding diaryl/α,β-unsaturated/α-hetero) is 1. The molecular weight excluding hydrogens is 447 g/mol. The first-order valence-corrected chi connectivity index (χ1v) is 11.2. The molecule has 3 heterocycles. The summed E-state index contributed by atoms with van der Waals surface area (Å²) in [6.45, 7) is 0.335. The highest BCUT2D eigenvalue weighted by Gasteiger charge is 2.25. The summed E-state index contributed by atoms with van der Waals surface area (Å²) in [6, 6.07) is 8.99. The number of ether oxygens (including phenoxy) is 1. The average Bonchev–Trinajstić information content (AvgIpc) is 3.48. The van der Waals surface area contributed by atoms with Crippen LogP contribution in [0.25, 0.3) is 5.65 Å². The van der Waals surface area contributed by atoms with Gasteiger partial charge in [0.1, 0.15) is 6.07 Å². The van der Waals surface area contributed by atoms with E-state index in [-0.39, 0.29) is 35.5 Å². The molecule has 9 heteroatoms. The summed E-state index contributed by atoms with van der Waals surface area (Å²) in [5.41, 5.74) is 3.74. The summed E-state index contributed by atoms with van der Waals surface area (Å²) < 4.78 is 23.1. The molecule has 5 rings (SSSR count). The highest BCUT2D eigenvalue weighted by molar-refractivity contribution is 5.95. The number of carbonyl (C=O) groups is 1. The number of aromatic nitrogens is 4. The van der Waals surface area contributed by atoms with Gasteiger partial charge in [0, 0.05) is 30.6 Å². The third-order valence-corrected chi connectivity index (χ3v) is 6.22. The van der Waals surface area contributed by atoms with Gasteiger partial charge in [-0.2, -0.15) is 15.6 Å². The molecule has 35 heavy (non-hydrogen) atoms. The molecule has 0 saturated heterocycles. The zero-order valence-corrected chi connectivity index (χ0v) is 19.0. The maximum atomic E-state index is 14.6. The lowest BCUT2D eigenvalue weighted by molar-refractivity contribution is 0.0982. The van der Waals surface area contributed by atoms with Gasteiger partial charge in [0.15, 0.2) is 23.0 Å². The molecule has 1 aliphatic carbocycles. The normalized spacial score (nSPS) is 12.9. The number of pyridine rings is 1. The van der Waals surface area contributed by atoms with Crippen molar-refractivity contribution in [1.82, 2.24) is 19.2 Å². The van der Waals surface area contributed by atoms with Crippen LogP contribution in [0.3, 0.4) is 0 Å². The molecule has 0 radical (unpaired) electrons. The summed E-state index contributed by atoms with van der Waals surface area (Å²) >= 11 is 0. The van der Waals surface area contributed by atoms with Crippen molar-refractivity contribution in [2.24, 2.45) is 0 Å². The van der Waals surface area contributed by atoms with Gasteiger partial charge in [0.2, 0.25) is 0 Å². The molecule has 0 amide bonds. The number of nitrogens with zero attached hydrogens (tertiary/aromatic N) is 6. The molecule has 1 fully saturated rings. The van der Waals surface area contributed by atoms with Crippen LogP contribution in [0.2, 0.25) is 0 Å². The van der Waals surface area contributed by atoms with Crippen molar-refractivity contribution in [2.45, 2.75) is 38.1 Å². The number of hydrogen-bond acceptors (Lipinski definition) is 6. The second-order valence-electron chi connectivity index (χ2n) is 8.61. The van der Waals surface area contributed by atoms with Gasteiger partial charge in [-0.05, 0) is 48.9 Å². The Morgan fingerprint density at radius 2 is 2.00 bits per heavy atom. The number of rotatable bonds is 8. The van der Waals surface area contributed by atoms with E-state index in [2.05, 4.69) is 16.2 Å². The van der Waals surface area contributed by atoms with E-state index < -0.39 is 5.82 Å². The number of nitriles is 2. The summed E-state index contributed by atoms with van der Waals surface area (Å²) in [5.74, 6) is -0.274. The molecule has 1 saturated carbocycles. The van der Waals surface area contributed by atoms with Gasteiger partial charge in [0.05, 0.1) is 48.3 Å². The molecule has 8 nitrogen and oxygen atoms in total. The fourth-order valence-corrected chi connectivity index (χ4v) is 4.22. The predicted molar refractivity (Wildman–Crippen MR) is 124 cm³/mol. The number of fused-ring (bicyclic) bond motifs is 1. The highest BCUT2D eigenvalue weighted by Crippen LogP contribution is 2.40. The van der Waals surface area contributed by atoms with Gasteiger partial charge in [-0.1, -0.05) is 0 Å². The van der Waals surface area contributed by atoms with E-state index in [1.807, 2.05) is 28.9 Å². The molecular formula is C26H21FN6O2. The van der Waals surface area contributed by atoms with Crippen LogP contribution in [-0.4, -0.2) is 32.1 Å². The summed E-state index contributed by atoms with van der Waals surface area (Å²) in [6.07, 6.45) is 9.37. The highest BCUT2D eigenvalue weighted by atomic mass is 19.1. The number of carbonyl (C=O) groups excluding carboxylic acids is 1. The minimum Gasteiger partial charge on any atom is -0.494 e. The van der Waals surface area contributed by atoms with E-state index in [1.54, 1.807) is 10.9 Å². The fraction of sp³-hybridized carbons (Fsp3) is 0.269. The van der Waals surface area contributed by atoms with E-state index in [4.69, 9.17) is 4.74 Å². The first kappa shape index (κ1) is 22.3. The molecule has 1 aliphatic rings. The maximum absolute atomic E-state index is 14.6. The van der Waals surface area contributed by atoms with Crippen molar-refractivity contribution < 1.29 is 13.9 Å². The van der Waals surface area contributed by atoms with Gasteiger partial charge in [0.25, 0.3) is 0 Å². The van der Waals surface area contributed by atoms with Crippen LogP contribution in [0, 0.1) is 28.5 Å². The molecule has 0 unspecified atom stereocenters. The van der Waals surface area contributed by atoms with E-state index in [0.29, 0.717) is 34.9 Å². The Hall–Kier alpha value is -4.50. The lowest BCUT2D eigenvalue weighted by Crippen LogP contribution is -2.05. The Morgan fingerprint density at radius 3 is 2.71 bits per heavy atom. The van der Waals surface area contributed by atoms with Crippen molar-refractivity contribution in [2.75, 3.05) is 7.11 Å². The zero-order chi connectivity index (χ0) is 24.5. The lowest BCUT2D eigenvalue weighted by Gasteiger charge is -2.08. The Balaban J connectivity index is 1.30. The van der Waals surface area contributed by atoms with Crippen LogP contribution < -0.4 is 4.74 Å². The smallest absolute Gasteiger partial charge is 0.169 e. The lowest BCUT2D eigenvalue weighted by atomic mass is 9.99. The van der Waals surface area contributed by atoms with E-state index in [1.165, 1.54) is 25.4 Å². The molecule has 0 atom stereocenters. The zero-order valence-electron chi connectivity index (χ0n) is 19.0. The topological polar surface area (TPSA) is 109 Å². The molecule has 174 valence electrons.